The first-order valence-electron chi connectivity index (χ1n) is 5.13. The zero-order valence-corrected chi connectivity index (χ0v) is 9.29. The highest BCUT2D eigenvalue weighted by atomic mass is 16.3. The van der Waals surface area contributed by atoms with Gasteiger partial charge in [-0.2, -0.15) is 0 Å². The summed E-state index contributed by atoms with van der Waals surface area (Å²) in [5, 5.41) is 11.7. The Bertz CT molecular complexity index is 170. The van der Waals surface area contributed by atoms with Gasteiger partial charge in [-0.3, -0.25) is 4.79 Å². The number of carbonyl (C=O) groups excluding carboxylic acids is 1. The van der Waals surface area contributed by atoms with E-state index in [1.807, 2.05) is 0 Å². The third-order valence-corrected chi connectivity index (χ3v) is 1.98. The van der Waals surface area contributed by atoms with Crippen LogP contribution in [0.1, 0.15) is 27.2 Å². The van der Waals surface area contributed by atoms with Gasteiger partial charge in [-0.1, -0.05) is 13.8 Å². The lowest BCUT2D eigenvalue weighted by Crippen LogP contribution is -2.38. The van der Waals surface area contributed by atoms with Crippen LogP contribution in [-0.4, -0.2) is 30.2 Å². The highest BCUT2D eigenvalue weighted by molar-refractivity contribution is 5.78. The third-order valence-electron chi connectivity index (χ3n) is 1.98. The van der Waals surface area contributed by atoms with Crippen LogP contribution in [0.25, 0.3) is 0 Å². The van der Waals surface area contributed by atoms with Crippen LogP contribution in [0.5, 0.6) is 0 Å². The minimum Gasteiger partial charge on any atom is -0.392 e. The van der Waals surface area contributed by atoms with Crippen LogP contribution in [0.15, 0.2) is 0 Å². The quantitative estimate of drug-likeness (QED) is 0.572. The van der Waals surface area contributed by atoms with E-state index in [1.54, 1.807) is 6.92 Å². The second-order valence-corrected chi connectivity index (χ2v) is 4.16. The summed E-state index contributed by atoms with van der Waals surface area (Å²) in [5.74, 6) is 0.275. The van der Waals surface area contributed by atoms with Gasteiger partial charge in [-0.15, -0.1) is 0 Å². The Balaban J connectivity index is 3.92. The third kappa shape index (κ3) is 5.94. The van der Waals surface area contributed by atoms with Crippen molar-refractivity contribution < 1.29 is 9.90 Å². The Kier molecular flexibility index (Phi) is 6.49. The maximum atomic E-state index is 11.5. The van der Waals surface area contributed by atoms with Crippen molar-refractivity contribution >= 4 is 5.91 Å². The van der Waals surface area contributed by atoms with Crippen molar-refractivity contribution in [1.29, 1.82) is 0 Å². The van der Waals surface area contributed by atoms with E-state index in [0.29, 0.717) is 19.0 Å². The lowest BCUT2D eigenvalue weighted by atomic mass is 9.96. The number of rotatable bonds is 6. The molecule has 4 heteroatoms. The molecule has 0 heterocycles. The maximum absolute atomic E-state index is 11.5. The second kappa shape index (κ2) is 6.79. The molecule has 0 radical (unpaired) electrons. The van der Waals surface area contributed by atoms with Crippen LogP contribution in [0.2, 0.25) is 0 Å². The normalized spacial score (nSPS) is 15.3. The van der Waals surface area contributed by atoms with Crippen molar-refractivity contribution in [2.24, 2.45) is 17.6 Å². The van der Waals surface area contributed by atoms with Gasteiger partial charge in [0.15, 0.2) is 0 Å². The smallest absolute Gasteiger partial charge is 0.224 e. The van der Waals surface area contributed by atoms with Crippen LogP contribution in [0, 0.1) is 11.8 Å². The lowest BCUT2D eigenvalue weighted by Gasteiger charge is -2.17. The Morgan fingerprint density at radius 1 is 1.43 bits per heavy atom. The molecular formula is C10H22N2O2. The molecule has 1 unspecified atom stereocenters. The largest absolute Gasteiger partial charge is 0.392 e. The first-order valence-corrected chi connectivity index (χ1v) is 5.13. The van der Waals surface area contributed by atoms with Gasteiger partial charge in [0.05, 0.1) is 12.0 Å². The minimum absolute atomic E-state index is 0.0536. The van der Waals surface area contributed by atoms with Crippen molar-refractivity contribution in [2.75, 3.05) is 13.1 Å². The van der Waals surface area contributed by atoms with E-state index < -0.39 is 6.10 Å². The van der Waals surface area contributed by atoms with Gasteiger partial charge in [0.2, 0.25) is 5.91 Å². The molecule has 0 saturated heterocycles. The van der Waals surface area contributed by atoms with E-state index in [4.69, 9.17) is 10.8 Å². The predicted octanol–water partition coefficient (Wildman–Crippen LogP) is 0.104. The molecule has 0 aromatic rings. The number of nitrogens with two attached hydrogens (primary N) is 1. The average Bonchev–Trinajstić information content (AvgIpc) is 2.09. The summed E-state index contributed by atoms with van der Waals surface area (Å²) in [6, 6.07) is 0. The number of aliphatic hydroxyl groups excluding tert-OH is 1. The first kappa shape index (κ1) is 13.4. The molecule has 1 amide bonds. The summed E-state index contributed by atoms with van der Waals surface area (Å²) >= 11 is 0. The molecule has 0 rings (SSSR count). The van der Waals surface area contributed by atoms with Gasteiger partial charge in [-0.25, -0.2) is 0 Å². The van der Waals surface area contributed by atoms with Crippen molar-refractivity contribution in [1.82, 2.24) is 5.32 Å². The predicted molar refractivity (Wildman–Crippen MR) is 56.7 cm³/mol. The summed E-state index contributed by atoms with van der Waals surface area (Å²) in [6.07, 6.45) is 0.290. The van der Waals surface area contributed by atoms with E-state index in [-0.39, 0.29) is 11.8 Å². The number of aliphatic hydroxyl groups is 1. The van der Waals surface area contributed by atoms with E-state index in [1.165, 1.54) is 0 Å². The number of amides is 1. The van der Waals surface area contributed by atoms with E-state index in [0.717, 1.165) is 6.42 Å². The zero-order chi connectivity index (χ0) is 11.1. The van der Waals surface area contributed by atoms with E-state index >= 15 is 0 Å². The maximum Gasteiger partial charge on any atom is 0.224 e. The fraction of sp³-hybridized carbons (Fsp3) is 0.900. The van der Waals surface area contributed by atoms with Crippen LogP contribution in [0.3, 0.4) is 0 Å². The molecular weight excluding hydrogens is 180 g/mol. The minimum atomic E-state index is -0.503. The highest BCUT2D eigenvalue weighted by Gasteiger charge is 2.17. The summed E-state index contributed by atoms with van der Waals surface area (Å²) in [4.78, 5) is 11.5. The van der Waals surface area contributed by atoms with Crippen molar-refractivity contribution in [3.63, 3.8) is 0 Å². The molecule has 0 bridgehead atoms. The fourth-order valence-electron chi connectivity index (χ4n) is 1.27. The van der Waals surface area contributed by atoms with E-state index in [2.05, 4.69) is 19.2 Å². The molecule has 0 fully saturated rings. The Morgan fingerprint density at radius 2 is 2.00 bits per heavy atom. The van der Waals surface area contributed by atoms with Gasteiger partial charge in [0.25, 0.3) is 0 Å². The molecule has 0 aliphatic carbocycles. The molecule has 0 saturated carbocycles. The number of nitrogens with one attached hydrogen (secondary N) is 1. The summed E-state index contributed by atoms with van der Waals surface area (Å²) in [7, 11) is 0. The molecule has 4 N–H and O–H groups in total. The fourth-order valence-corrected chi connectivity index (χ4v) is 1.27. The zero-order valence-electron chi connectivity index (χ0n) is 9.29. The van der Waals surface area contributed by atoms with E-state index in [9.17, 15) is 4.79 Å². The molecule has 0 spiro atoms. The van der Waals surface area contributed by atoms with Crippen molar-refractivity contribution in [3.05, 3.63) is 0 Å². The van der Waals surface area contributed by atoms with Gasteiger partial charge in [0.1, 0.15) is 0 Å². The lowest BCUT2D eigenvalue weighted by molar-refractivity contribution is -0.125. The number of hydrogen-bond acceptors (Lipinski definition) is 3. The van der Waals surface area contributed by atoms with Crippen molar-refractivity contribution in [3.8, 4) is 0 Å². The standard InChI is InChI=1S/C10H22N2O2/c1-7(2)4-9(5-11)10(14)12-6-8(3)13/h7-9,13H,4-6,11H2,1-3H3,(H,12,14)/t8-,9?/m0/s1. The molecule has 2 atom stereocenters. The van der Waals surface area contributed by atoms with Crippen LogP contribution in [-0.2, 0) is 4.79 Å². The van der Waals surface area contributed by atoms with Gasteiger partial charge >= 0.3 is 0 Å². The molecule has 0 aliphatic heterocycles. The second-order valence-electron chi connectivity index (χ2n) is 4.16. The molecule has 0 aliphatic rings. The molecule has 0 aromatic heterocycles. The van der Waals surface area contributed by atoms with Crippen LogP contribution >= 0.6 is 0 Å². The van der Waals surface area contributed by atoms with Crippen LogP contribution < -0.4 is 11.1 Å². The molecule has 84 valence electrons. The van der Waals surface area contributed by atoms with Gasteiger partial charge < -0.3 is 16.2 Å². The number of carbonyl (C=O) groups is 1. The molecule has 4 nitrogen and oxygen atoms in total. The Hall–Kier alpha value is -0.610. The molecule has 0 aromatic carbocycles. The van der Waals surface area contributed by atoms with Gasteiger partial charge in [-0.05, 0) is 19.3 Å². The summed E-state index contributed by atoms with van der Waals surface area (Å²) in [5.41, 5.74) is 5.51. The molecule has 14 heavy (non-hydrogen) atoms. The van der Waals surface area contributed by atoms with Gasteiger partial charge in [0, 0.05) is 13.1 Å². The SMILES string of the molecule is CC(C)CC(CN)C(=O)NC[C@H](C)O. The summed E-state index contributed by atoms with van der Waals surface area (Å²) in [6.45, 7) is 6.42. The topological polar surface area (TPSA) is 75.4 Å². The summed E-state index contributed by atoms with van der Waals surface area (Å²) < 4.78 is 0. The first-order chi connectivity index (χ1) is 6.47. The Morgan fingerprint density at radius 3 is 2.36 bits per heavy atom. The number of hydrogen-bond donors (Lipinski definition) is 3. The monoisotopic (exact) mass is 202 g/mol. The van der Waals surface area contributed by atoms with Crippen LogP contribution in [0.4, 0.5) is 0 Å². The highest BCUT2D eigenvalue weighted by Crippen LogP contribution is 2.10. The average molecular weight is 202 g/mol. The van der Waals surface area contributed by atoms with Crippen molar-refractivity contribution in [2.45, 2.75) is 33.3 Å². The Labute approximate surface area is 85.9 Å².